The number of likely N-dealkylation sites (tertiary alicyclic amines) is 1. The van der Waals surface area contributed by atoms with Gasteiger partial charge in [-0.05, 0) is 5.41 Å². The maximum absolute atomic E-state index is 12.6. The lowest BCUT2D eigenvalue weighted by Gasteiger charge is -2.64. The molecule has 0 aromatic heterocycles. The lowest BCUT2D eigenvalue weighted by atomic mass is 9.80. The van der Waals surface area contributed by atoms with Crippen LogP contribution >= 0.6 is 0 Å². The number of fused-ring (bicyclic) bond motifs is 2. The van der Waals surface area contributed by atoms with Gasteiger partial charge in [0.05, 0.1) is 24.8 Å². The van der Waals surface area contributed by atoms with Crippen LogP contribution in [0.4, 0.5) is 0 Å². The molecular formula is C18H33N3O2. The van der Waals surface area contributed by atoms with Gasteiger partial charge in [-0.1, -0.05) is 34.6 Å². The Morgan fingerprint density at radius 2 is 1.96 bits per heavy atom. The highest BCUT2D eigenvalue weighted by molar-refractivity contribution is 5.78. The third kappa shape index (κ3) is 3.42. The number of ether oxygens (including phenoxy) is 1. The van der Waals surface area contributed by atoms with Crippen molar-refractivity contribution in [2.24, 2.45) is 11.3 Å². The number of nitrogens with zero attached hydrogens (tertiary/aromatic N) is 3. The number of carbonyl (C=O) groups is 1. The maximum atomic E-state index is 12.6. The number of rotatable bonds is 2. The number of carbonyl (C=O) groups excluding carboxylic acids is 1. The quantitative estimate of drug-likeness (QED) is 0.767. The van der Waals surface area contributed by atoms with Gasteiger partial charge in [0.25, 0.3) is 0 Å². The van der Waals surface area contributed by atoms with Crippen LogP contribution in [0.5, 0.6) is 0 Å². The smallest absolute Gasteiger partial charge is 0.225 e. The van der Waals surface area contributed by atoms with Crippen molar-refractivity contribution in [1.29, 1.82) is 0 Å². The molecule has 3 fully saturated rings. The van der Waals surface area contributed by atoms with E-state index in [4.69, 9.17) is 4.74 Å². The Morgan fingerprint density at radius 3 is 2.57 bits per heavy atom. The highest BCUT2D eigenvalue weighted by Crippen LogP contribution is 2.37. The molecule has 5 nitrogen and oxygen atoms in total. The van der Waals surface area contributed by atoms with Crippen molar-refractivity contribution in [3.63, 3.8) is 0 Å². The lowest BCUT2D eigenvalue weighted by molar-refractivity contribution is -0.178. The third-order valence-electron chi connectivity index (χ3n) is 5.29. The number of hydrogen-bond donors (Lipinski definition) is 0. The van der Waals surface area contributed by atoms with Gasteiger partial charge in [0.1, 0.15) is 0 Å². The summed E-state index contributed by atoms with van der Waals surface area (Å²) >= 11 is 0. The van der Waals surface area contributed by atoms with Gasteiger partial charge >= 0.3 is 0 Å². The number of piperazine rings is 1. The van der Waals surface area contributed by atoms with Crippen molar-refractivity contribution >= 4 is 5.91 Å². The molecule has 0 bridgehead atoms. The summed E-state index contributed by atoms with van der Waals surface area (Å²) in [7, 11) is 0. The summed E-state index contributed by atoms with van der Waals surface area (Å²) in [6.07, 6.45) is 0. The van der Waals surface area contributed by atoms with Gasteiger partial charge in [-0.25, -0.2) is 0 Å². The molecule has 3 rings (SSSR count). The Labute approximate surface area is 140 Å². The molecule has 1 unspecified atom stereocenters. The van der Waals surface area contributed by atoms with Crippen LogP contribution in [0.1, 0.15) is 34.6 Å². The molecule has 1 atom stereocenters. The van der Waals surface area contributed by atoms with Gasteiger partial charge in [-0.2, -0.15) is 0 Å². The lowest BCUT2D eigenvalue weighted by Crippen LogP contribution is -2.81. The predicted octanol–water partition coefficient (Wildman–Crippen LogP) is 1.29. The maximum Gasteiger partial charge on any atom is 0.225 e. The molecule has 132 valence electrons. The van der Waals surface area contributed by atoms with E-state index in [1.54, 1.807) is 0 Å². The third-order valence-corrected chi connectivity index (χ3v) is 5.29. The molecule has 0 saturated carbocycles. The molecule has 0 aromatic rings. The van der Waals surface area contributed by atoms with Gasteiger partial charge in [0.15, 0.2) is 0 Å². The molecule has 3 aliphatic heterocycles. The fourth-order valence-electron chi connectivity index (χ4n) is 4.58. The van der Waals surface area contributed by atoms with Crippen LogP contribution in [0.3, 0.4) is 0 Å². The van der Waals surface area contributed by atoms with Crippen LogP contribution in [0, 0.1) is 11.3 Å². The first kappa shape index (κ1) is 17.2. The number of amides is 1. The SMILES string of the molecule is CC(C)C(=O)N1CC2COCCN2C2(CN(CC(C)(C)C)C2)C1. The van der Waals surface area contributed by atoms with E-state index in [0.29, 0.717) is 17.4 Å². The van der Waals surface area contributed by atoms with Crippen molar-refractivity contribution in [1.82, 2.24) is 14.7 Å². The Hall–Kier alpha value is -0.650. The van der Waals surface area contributed by atoms with Crippen LogP contribution in [0.2, 0.25) is 0 Å². The number of hydrogen-bond acceptors (Lipinski definition) is 4. The van der Waals surface area contributed by atoms with E-state index in [9.17, 15) is 4.79 Å². The average Bonchev–Trinajstić information content (AvgIpc) is 2.43. The second-order valence-corrected chi connectivity index (χ2v) is 9.23. The van der Waals surface area contributed by atoms with Crippen LogP contribution in [0.15, 0.2) is 0 Å². The first-order chi connectivity index (χ1) is 10.7. The molecule has 3 saturated heterocycles. The molecule has 0 aromatic carbocycles. The van der Waals surface area contributed by atoms with Crippen molar-refractivity contribution in [3.8, 4) is 0 Å². The van der Waals surface area contributed by atoms with Crippen LogP contribution in [-0.4, -0.2) is 84.7 Å². The van der Waals surface area contributed by atoms with Crippen molar-refractivity contribution in [2.45, 2.75) is 46.2 Å². The molecule has 3 aliphatic rings. The van der Waals surface area contributed by atoms with Gasteiger partial charge in [0.2, 0.25) is 5.91 Å². The average molecular weight is 323 g/mol. The minimum Gasteiger partial charge on any atom is -0.378 e. The van der Waals surface area contributed by atoms with Crippen molar-refractivity contribution in [3.05, 3.63) is 0 Å². The van der Waals surface area contributed by atoms with E-state index in [1.165, 1.54) is 0 Å². The molecule has 23 heavy (non-hydrogen) atoms. The fourth-order valence-corrected chi connectivity index (χ4v) is 4.58. The van der Waals surface area contributed by atoms with E-state index in [2.05, 4.69) is 35.5 Å². The summed E-state index contributed by atoms with van der Waals surface area (Å²) in [5.41, 5.74) is 0.483. The zero-order valence-electron chi connectivity index (χ0n) is 15.5. The highest BCUT2D eigenvalue weighted by Gasteiger charge is 2.55. The van der Waals surface area contributed by atoms with E-state index in [1.807, 2.05) is 13.8 Å². The largest absolute Gasteiger partial charge is 0.378 e. The fraction of sp³-hybridized carbons (Fsp3) is 0.944. The minimum absolute atomic E-state index is 0.0777. The monoisotopic (exact) mass is 323 g/mol. The zero-order valence-corrected chi connectivity index (χ0v) is 15.5. The van der Waals surface area contributed by atoms with Gasteiger partial charge in [-0.3, -0.25) is 14.6 Å². The highest BCUT2D eigenvalue weighted by atomic mass is 16.5. The summed E-state index contributed by atoms with van der Waals surface area (Å²) in [6.45, 7) is 18.5. The standard InChI is InChI=1S/C18H33N3O2/c1-14(2)16(22)20-8-15-9-23-7-6-21(15)18(13-20)11-19(12-18)10-17(3,4)5/h14-15H,6-13H2,1-5H3. The van der Waals surface area contributed by atoms with Crippen LogP contribution in [-0.2, 0) is 9.53 Å². The summed E-state index contributed by atoms with van der Waals surface area (Å²) in [5, 5.41) is 0. The molecule has 5 heteroatoms. The predicted molar refractivity (Wildman–Crippen MR) is 91.4 cm³/mol. The Bertz CT molecular complexity index is 452. The first-order valence-corrected chi connectivity index (χ1v) is 9.06. The summed E-state index contributed by atoms with van der Waals surface area (Å²) in [5.74, 6) is 0.373. The van der Waals surface area contributed by atoms with E-state index in [-0.39, 0.29) is 11.5 Å². The van der Waals surface area contributed by atoms with E-state index in [0.717, 1.165) is 52.5 Å². The van der Waals surface area contributed by atoms with Gasteiger partial charge in [-0.15, -0.1) is 0 Å². The minimum atomic E-state index is 0.0777. The number of morpholine rings is 1. The second-order valence-electron chi connectivity index (χ2n) is 9.23. The summed E-state index contributed by atoms with van der Waals surface area (Å²) in [4.78, 5) is 19.9. The van der Waals surface area contributed by atoms with Gasteiger partial charge in [0, 0.05) is 45.2 Å². The Balaban J connectivity index is 1.73. The second kappa shape index (κ2) is 6.01. The van der Waals surface area contributed by atoms with E-state index < -0.39 is 0 Å². The molecule has 1 amide bonds. The van der Waals surface area contributed by atoms with Crippen molar-refractivity contribution in [2.75, 3.05) is 52.5 Å². The summed E-state index contributed by atoms with van der Waals surface area (Å²) < 4.78 is 5.70. The van der Waals surface area contributed by atoms with Gasteiger partial charge < -0.3 is 9.64 Å². The van der Waals surface area contributed by atoms with Crippen LogP contribution < -0.4 is 0 Å². The normalized spacial score (nSPS) is 28.8. The molecule has 1 spiro atoms. The Kier molecular flexibility index (Phi) is 4.49. The molecular weight excluding hydrogens is 290 g/mol. The van der Waals surface area contributed by atoms with Crippen molar-refractivity contribution < 1.29 is 9.53 Å². The first-order valence-electron chi connectivity index (χ1n) is 9.06. The summed E-state index contributed by atoms with van der Waals surface area (Å²) in [6, 6.07) is 0.372. The topological polar surface area (TPSA) is 36.0 Å². The molecule has 3 heterocycles. The molecule has 0 radical (unpaired) electrons. The van der Waals surface area contributed by atoms with E-state index >= 15 is 0 Å². The molecule has 0 aliphatic carbocycles. The van der Waals surface area contributed by atoms with Crippen LogP contribution in [0.25, 0.3) is 0 Å². The Morgan fingerprint density at radius 1 is 1.26 bits per heavy atom. The zero-order chi connectivity index (χ0) is 16.8. The molecule has 0 N–H and O–H groups in total.